The first-order chi connectivity index (χ1) is 16.3. The van der Waals surface area contributed by atoms with Crippen molar-refractivity contribution in [3.05, 3.63) is 59.4 Å². The number of sulfonamides is 1. The number of imidazole rings is 1. The van der Waals surface area contributed by atoms with Crippen LogP contribution in [0.2, 0.25) is 0 Å². The van der Waals surface area contributed by atoms with Crippen molar-refractivity contribution in [2.45, 2.75) is 51.0 Å². The van der Waals surface area contributed by atoms with Crippen LogP contribution in [0.1, 0.15) is 47.2 Å². The second kappa shape index (κ2) is 9.15. The molecule has 180 valence electrons. The van der Waals surface area contributed by atoms with E-state index in [1.54, 1.807) is 24.3 Å². The van der Waals surface area contributed by atoms with Crippen molar-refractivity contribution in [3.63, 3.8) is 0 Å². The summed E-state index contributed by atoms with van der Waals surface area (Å²) < 4.78 is 29.2. The highest BCUT2D eigenvalue weighted by Crippen LogP contribution is 2.25. The van der Waals surface area contributed by atoms with Crippen molar-refractivity contribution < 1.29 is 13.2 Å². The average Bonchev–Trinajstić information content (AvgIpc) is 3.51. The molecule has 0 bridgehead atoms. The highest BCUT2D eigenvalue weighted by Gasteiger charge is 2.28. The van der Waals surface area contributed by atoms with Crippen LogP contribution in [0.3, 0.4) is 0 Å². The summed E-state index contributed by atoms with van der Waals surface area (Å²) in [5, 5.41) is 0. The molecule has 34 heavy (non-hydrogen) atoms. The number of rotatable bonds is 5. The molecule has 3 aromatic rings. The fourth-order valence-corrected chi connectivity index (χ4v) is 6.60. The van der Waals surface area contributed by atoms with E-state index in [1.807, 2.05) is 11.2 Å². The van der Waals surface area contributed by atoms with Crippen LogP contribution in [0.15, 0.2) is 47.6 Å². The van der Waals surface area contributed by atoms with Gasteiger partial charge in [0.05, 0.1) is 22.3 Å². The topological polar surface area (TPSA) is 75.5 Å². The lowest BCUT2D eigenvalue weighted by atomic mass is 9.96. The highest BCUT2D eigenvalue weighted by molar-refractivity contribution is 7.89. The molecule has 7 nitrogen and oxygen atoms in total. The average molecular weight is 481 g/mol. The molecule has 2 aliphatic rings. The maximum Gasteiger partial charge on any atom is 0.253 e. The minimum absolute atomic E-state index is 0.0252. The molecular weight excluding hydrogens is 448 g/mol. The van der Waals surface area contributed by atoms with E-state index in [0.717, 1.165) is 37.7 Å². The molecule has 0 unspecified atom stereocenters. The molecule has 1 aromatic heterocycles. The summed E-state index contributed by atoms with van der Waals surface area (Å²) in [5.41, 5.74) is 5.28. The lowest BCUT2D eigenvalue weighted by Crippen LogP contribution is -2.39. The van der Waals surface area contributed by atoms with Crippen LogP contribution < -0.4 is 0 Å². The SMILES string of the molecule is Cc1cc2ncn(CC3CCN(C(=O)c4ccc(S(=O)(=O)N5CCCC5)cc4)CC3)c2cc1C. The summed E-state index contributed by atoms with van der Waals surface area (Å²) in [6.07, 6.45) is 5.62. The minimum atomic E-state index is -3.46. The maximum absolute atomic E-state index is 13.0. The Hall–Kier alpha value is -2.71. The van der Waals surface area contributed by atoms with E-state index >= 15 is 0 Å². The number of fused-ring (bicyclic) bond motifs is 1. The monoisotopic (exact) mass is 480 g/mol. The first kappa shape index (κ1) is 23.1. The summed E-state index contributed by atoms with van der Waals surface area (Å²) in [5.74, 6) is 0.471. The van der Waals surface area contributed by atoms with Crippen LogP contribution in [0.5, 0.6) is 0 Å². The quantitative estimate of drug-likeness (QED) is 0.553. The van der Waals surface area contributed by atoms with Crippen molar-refractivity contribution in [2.75, 3.05) is 26.2 Å². The molecule has 0 radical (unpaired) electrons. The number of hydrogen-bond acceptors (Lipinski definition) is 4. The third-order valence-electron chi connectivity index (χ3n) is 7.40. The van der Waals surface area contributed by atoms with Gasteiger partial charge in [-0.15, -0.1) is 0 Å². The van der Waals surface area contributed by atoms with Crippen LogP contribution in [0.4, 0.5) is 0 Å². The largest absolute Gasteiger partial charge is 0.339 e. The fourth-order valence-electron chi connectivity index (χ4n) is 5.09. The van der Waals surface area contributed by atoms with E-state index in [2.05, 4.69) is 35.5 Å². The zero-order valence-corrected chi connectivity index (χ0v) is 20.7. The number of nitrogens with zero attached hydrogens (tertiary/aromatic N) is 4. The Labute approximate surface area is 201 Å². The zero-order chi connectivity index (χ0) is 23.9. The Morgan fingerprint density at radius 1 is 0.971 bits per heavy atom. The van der Waals surface area contributed by atoms with Crippen LogP contribution in [0.25, 0.3) is 11.0 Å². The lowest BCUT2D eigenvalue weighted by molar-refractivity contribution is 0.0683. The summed E-state index contributed by atoms with van der Waals surface area (Å²) in [6.45, 7) is 7.72. The summed E-state index contributed by atoms with van der Waals surface area (Å²) >= 11 is 0. The van der Waals surface area contributed by atoms with Gasteiger partial charge in [-0.25, -0.2) is 13.4 Å². The Morgan fingerprint density at radius 3 is 2.29 bits per heavy atom. The first-order valence-electron chi connectivity index (χ1n) is 12.1. The van der Waals surface area contributed by atoms with Gasteiger partial charge in [-0.1, -0.05) is 0 Å². The van der Waals surface area contributed by atoms with Crippen molar-refractivity contribution in [3.8, 4) is 0 Å². The number of aryl methyl sites for hydroxylation is 2. The number of hydrogen-bond donors (Lipinski definition) is 0. The van der Waals surface area contributed by atoms with Gasteiger partial charge in [-0.2, -0.15) is 4.31 Å². The second-order valence-electron chi connectivity index (χ2n) is 9.69. The van der Waals surface area contributed by atoms with E-state index in [9.17, 15) is 13.2 Å². The molecule has 3 heterocycles. The molecule has 2 aromatic carbocycles. The van der Waals surface area contributed by atoms with Crippen LogP contribution in [-0.4, -0.2) is 59.3 Å². The van der Waals surface area contributed by atoms with E-state index in [-0.39, 0.29) is 10.8 Å². The molecule has 0 aliphatic carbocycles. The van der Waals surface area contributed by atoms with Crippen LogP contribution >= 0.6 is 0 Å². The number of carbonyl (C=O) groups is 1. The van der Waals surface area contributed by atoms with Gasteiger partial charge in [0, 0.05) is 38.3 Å². The number of piperidine rings is 1. The van der Waals surface area contributed by atoms with Gasteiger partial charge in [0.1, 0.15) is 0 Å². The van der Waals surface area contributed by atoms with Crippen molar-refractivity contribution in [2.24, 2.45) is 5.92 Å². The van der Waals surface area contributed by atoms with Crippen LogP contribution in [0, 0.1) is 19.8 Å². The Balaban J connectivity index is 1.20. The Bertz CT molecular complexity index is 1300. The molecule has 0 atom stereocenters. The first-order valence-corrected chi connectivity index (χ1v) is 13.6. The molecule has 5 rings (SSSR count). The molecule has 2 fully saturated rings. The van der Waals surface area contributed by atoms with Gasteiger partial charge in [0.2, 0.25) is 10.0 Å². The van der Waals surface area contributed by atoms with Crippen LogP contribution in [-0.2, 0) is 16.6 Å². The van der Waals surface area contributed by atoms with Crippen molar-refractivity contribution in [1.82, 2.24) is 18.8 Å². The van der Waals surface area contributed by atoms with Gasteiger partial charge in [0.15, 0.2) is 0 Å². The normalized spacial score (nSPS) is 18.1. The fraction of sp³-hybridized carbons (Fsp3) is 0.462. The molecule has 0 spiro atoms. The number of aromatic nitrogens is 2. The third kappa shape index (κ3) is 4.36. The number of likely N-dealkylation sites (tertiary alicyclic amines) is 1. The smallest absolute Gasteiger partial charge is 0.253 e. The molecule has 0 saturated carbocycles. The predicted octanol–water partition coefficient (Wildman–Crippen LogP) is 3.99. The zero-order valence-electron chi connectivity index (χ0n) is 19.9. The van der Waals surface area contributed by atoms with E-state index in [1.165, 1.54) is 20.9 Å². The van der Waals surface area contributed by atoms with Gasteiger partial charge in [0.25, 0.3) is 5.91 Å². The molecule has 8 heteroatoms. The Kier molecular flexibility index (Phi) is 6.20. The predicted molar refractivity (Wildman–Crippen MR) is 132 cm³/mol. The summed E-state index contributed by atoms with van der Waals surface area (Å²) in [6, 6.07) is 10.8. The van der Waals surface area contributed by atoms with Gasteiger partial charge in [-0.05, 0) is 93.0 Å². The minimum Gasteiger partial charge on any atom is -0.339 e. The van der Waals surface area contributed by atoms with Gasteiger partial charge >= 0.3 is 0 Å². The molecule has 2 saturated heterocycles. The summed E-state index contributed by atoms with van der Waals surface area (Å²) in [4.78, 5) is 19.8. The third-order valence-corrected chi connectivity index (χ3v) is 9.31. The van der Waals surface area contributed by atoms with Gasteiger partial charge in [-0.3, -0.25) is 4.79 Å². The second-order valence-corrected chi connectivity index (χ2v) is 11.6. The van der Waals surface area contributed by atoms with E-state index in [4.69, 9.17) is 0 Å². The molecular formula is C26H32N4O3S. The lowest BCUT2D eigenvalue weighted by Gasteiger charge is -2.32. The van der Waals surface area contributed by atoms with E-state index < -0.39 is 10.0 Å². The Morgan fingerprint density at radius 2 is 1.62 bits per heavy atom. The van der Waals surface area contributed by atoms with Crippen molar-refractivity contribution >= 4 is 27.0 Å². The van der Waals surface area contributed by atoms with E-state index in [0.29, 0.717) is 37.7 Å². The highest BCUT2D eigenvalue weighted by atomic mass is 32.2. The number of amides is 1. The number of carbonyl (C=O) groups excluding carboxylic acids is 1. The van der Waals surface area contributed by atoms with Crippen molar-refractivity contribution in [1.29, 1.82) is 0 Å². The number of benzene rings is 2. The molecule has 1 amide bonds. The van der Waals surface area contributed by atoms with Gasteiger partial charge < -0.3 is 9.47 Å². The standard InChI is InChI=1S/C26H32N4O3S/c1-19-15-24-25(16-20(19)2)29(18-27-24)17-21-9-13-28(14-10-21)26(31)22-5-7-23(8-6-22)34(32,33)30-11-3-4-12-30/h5-8,15-16,18,21H,3-4,9-14,17H2,1-2H3. The molecule has 2 aliphatic heterocycles. The summed E-state index contributed by atoms with van der Waals surface area (Å²) in [7, 11) is -3.46. The maximum atomic E-state index is 13.0. The molecule has 0 N–H and O–H groups in total.